The summed E-state index contributed by atoms with van der Waals surface area (Å²) >= 11 is 0. The second kappa shape index (κ2) is 7.59. The molecule has 1 N–H and O–H groups in total. The Labute approximate surface area is 147 Å². The fraction of sp³-hybridized carbons (Fsp3) is 0.421. The summed E-state index contributed by atoms with van der Waals surface area (Å²) in [5.41, 5.74) is 2.47. The zero-order chi connectivity index (χ0) is 17.8. The number of hydrogen-bond acceptors (Lipinski definition) is 4. The summed E-state index contributed by atoms with van der Waals surface area (Å²) in [6.45, 7) is 5.83. The number of nitrogens with one attached hydrogen (secondary N) is 1. The fourth-order valence-electron chi connectivity index (χ4n) is 2.95. The van der Waals surface area contributed by atoms with Crippen molar-refractivity contribution in [2.75, 3.05) is 18.0 Å². The van der Waals surface area contributed by atoms with Crippen LogP contribution in [0.25, 0.3) is 0 Å². The lowest BCUT2D eigenvalue weighted by molar-refractivity contribution is 0.0950. The summed E-state index contributed by atoms with van der Waals surface area (Å²) in [5.74, 6) is 0.0398. The van der Waals surface area contributed by atoms with Gasteiger partial charge in [-0.05, 0) is 56.9 Å². The smallest absolute Gasteiger partial charge is 0.251 e. The topological polar surface area (TPSA) is 58.1 Å². The highest BCUT2D eigenvalue weighted by molar-refractivity contribution is 5.94. The molecular weight excluding hydrogens is 319 g/mol. The minimum absolute atomic E-state index is 0.290. The summed E-state index contributed by atoms with van der Waals surface area (Å²) in [7, 11) is 0. The van der Waals surface area contributed by atoms with E-state index in [-0.39, 0.29) is 11.7 Å². The second-order valence-corrected chi connectivity index (χ2v) is 6.50. The van der Waals surface area contributed by atoms with Crippen LogP contribution in [0.5, 0.6) is 0 Å². The van der Waals surface area contributed by atoms with Crippen molar-refractivity contribution in [2.45, 2.75) is 39.7 Å². The molecule has 1 aromatic heterocycles. The standard InChI is InChI=1S/C19H23FN4O/c1-13-6-7-15(11-17(13)20)18(25)21-12-16-10-14(2)22-19(23-16)24-8-4-3-5-9-24/h6-7,10-11H,3-5,8-9,12H2,1-2H3,(H,21,25). The van der Waals surface area contributed by atoms with E-state index in [0.29, 0.717) is 17.7 Å². The zero-order valence-corrected chi connectivity index (χ0v) is 14.7. The average molecular weight is 342 g/mol. The number of piperidine rings is 1. The number of anilines is 1. The number of aromatic nitrogens is 2. The van der Waals surface area contributed by atoms with Gasteiger partial charge < -0.3 is 10.2 Å². The maximum atomic E-state index is 13.6. The van der Waals surface area contributed by atoms with Gasteiger partial charge in [0.15, 0.2) is 0 Å². The number of amides is 1. The summed E-state index contributed by atoms with van der Waals surface area (Å²) in [5, 5.41) is 2.80. The Bertz CT molecular complexity index is 772. The molecule has 2 aromatic rings. The van der Waals surface area contributed by atoms with Gasteiger partial charge in [0.05, 0.1) is 12.2 Å². The number of nitrogens with zero attached hydrogens (tertiary/aromatic N) is 3. The fourth-order valence-corrected chi connectivity index (χ4v) is 2.95. The molecule has 5 nitrogen and oxygen atoms in total. The summed E-state index contributed by atoms with van der Waals surface area (Å²) in [6, 6.07) is 6.35. The molecule has 0 spiro atoms. The Kier molecular flexibility index (Phi) is 5.26. The second-order valence-electron chi connectivity index (χ2n) is 6.50. The molecule has 1 fully saturated rings. The Hall–Kier alpha value is -2.50. The largest absolute Gasteiger partial charge is 0.346 e. The third-order valence-electron chi connectivity index (χ3n) is 4.40. The molecule has 0 aliphatic carbocycles. The lowest BCUT2D eigenvalue weighted by Crippen LogP contribution is -2.32. The first-order chi connectivity index (χ1) is 12.0. The van der Waals surface area contributed by atoms with Crippen molar-refractivity contribution >= 4 is 11.9 Å². The molecule has 0 saturated carbocycles. The van der Waals surface area contributed by atoms with Crippen molar-refractivity contribution in [1.29, 1.82) is 0 Å². The average Bonchev–Trinajstić information content (AvgIpc) is 2.62. The van der Waals surface area contributed by atoms with Gasteiger partial charge in [-0.3, -0.25) is 4.79 Å². The van der Waals surface area contributed by atoms with Crippen LogP contribution < -0.4 is 10.2 Å². The van der Waals surface area contributed by atoms with Crippen LogP contribution >= 0.6 is 0 Å². The van der Waals surface area contributed by atoms with E-state index in [1.807, 2.05) is 13.0 Å². The van der Waals surface area contributed by atoms with Crippen LogP contribution in [0.1, 0.15) is 46.6 Å². The van der Waals surface area contributed by atoms with Gasteiger partial charge in [-0.2, -0.15) is 0 Å². The van der Waals surface area contributed by atoms with Crippen molar-refractivity contribution in [3.05, 3.63) is 52.6 Å². The Balaban J connectivity index is 1.68. The predicted octanol–water partition coefficient (Wildman–Crippen LogP) is 3.15. The van der Waals surface area contributed by atoms with Gasteiger partial charge in [0.2, 0.25) is 5.95 Å². The van der Waals surface area contributed by atoms with Gasteiger partial charge in [-0.1, -0.05) is 6.07 Å². The maximum absolute atomic E-state index is 13.6. The van der Waals surface area contributed by atoms with Crippen LogP contribution in [0, 0.1) is 19.7 Å². The van der Waals surface area contributed by atoms with Gasteiger partial charge in [0, 0.05) is 24.3 Å². The molecule has 0 radical (unpaired) electrons. The Morgan fingerprint density at radius 3 is 2.64 bits per heavy atom. The van der Waals surface area contributed by atoms with Gasteiger partial charge in [-0.25, -0.2) is 14.4 Å². The number of carbonyl (C=O) groups excluding carboxylic acids is 1. The van der Waals surface area contributed by atoms with E-state index in [1.54, 1.807) is 19.1 Å². The number of benzene rings is 1. The monoisotopic (exact) mass is 342 g/mol. The van der Waals surface area contributed by atoms with Crippen molar-refractivity contribution < 1.29 is 9.18 Å². The van der Waals surface area contributed by atoms with Crippen LogP contribution in [-0.4, -0.2) is 29.0 Å². The van der Waals surface area contributed by atoms with Gasteiger partial charge >= 0.3 is 0 Å². The molecule has 0 atom stereocenters. The lowest BCUT2D eigenvalue weighted by atomic mass is 10.1. The third-order valence-corrected chi connectivity index (χ3v) is 4.40. The molecule has 0 unspecified atom stereocenters. The molecule has 2 heterocycles. The molecule has 1 aromatic carbocycles. The molecule has 1 amide bonds. The minimum atomic E-state index is -0.377. The highest BCUT2D eigenvalue weighted by Gasteiger charge is 2.15. The van der Waals surface area contributed by atoms with E-state index in [0.717, 1.165) is 43.3 Å². The van der Waals surface area contributed by atoms with E-state index >= 15 is 0 Å². The van der Waals surface area contributed by atoms with Crippen molar-refractivity contribution in [2.24, 2.45) is 0 Å². The quantitative estimate of drug-likeness (QED) is 0.927. The third kappa shape index (κ3) is 4.32. The van der Waals surface area contributed by atoms with Crippen molar-refractivity contribution in [3.63, 3.8) is 0 Å². The molecule has 1 aliphatic heterocycles. The first-order valence-electron chi connectivity index (χ1n) is 8.67. The molecule has 1 saturated heterocycles. The molecule has 6 heteroatoms. The molecule has 25 heavy (non-hydrogen) atoms. The van der Waals surface area contributed by atoms with Crippen LogP contribution in [0.3, 0.4) is 0 Å². The lowest BCUT2D eigenvalue weighted by Gasteiger charge is -2.27. The first kappa shape index (κ1) is 17.3. The van der Waals surface area contributed by atoms with Crippen molar-refractivity contribution in [1.82, 2.24) is 15.3 Å². The minimum Gasteiger partial charge on any atom is -0.346 e. The molecule has 1 aliphatic rings. The van der Waals surface area contributed by atoms with E-state index in [2.05, 4.69) is 20.2 Å². The normalized spacial score (nSPS) is 14.4. The molecule has 3 rings (SSSR count). The van der Waals surface area contributed by atoms with Crippen LogP contribution in [0.15, 0.2) is 24.3 Å². The number of halogens is 1. The predicted molar refractivity (Wildman–Crippen MR) is 95.1 cm³/mol. The van der Waals surface area contributed by atoms with Crippen LogP contribution in [-0.2, 0) is 6.54 Å². The number of rotatable bonds is 4. The van der Waals surface area contributed by atoms with Crippen LogP contribution in [0.2, 0.25) is 0 Å². The van der Waals surface area contributed by atoms with E-state index in [4.69, 9.17) is 0 Å². The van der Waals surface area contributed by atoms with E-state index < -0.39 is 0 Å². The molecule has 132 valence electrons. The van der Waals surface area contributed by atoms with Gasteiger partial charge in [-0.15, -0.1) is 0 Å². The Morgan fingerprint density at radius 2 is 1.92 bits per heavy atom. The molecule has 0 bridgehead atoms. The Morgan fingerprint density at radius 1 is 1.16 bits per heavy atom. The summed E-state index contributed by atoms with van der Waals surface area (Å²) < 4.78 is 13.6. The van der Waals surface area contributed by atoms with Crippen LogP contribution in [0.4, 0.5) is 10.3 Å². The van der Waals surface area contributed by atoms with Gasteiger partial charge in [0.25, 0.3) is 5.91 Å². The zero-order valence-electron chi connectivity index (χ0n) is 14.7. The maximum Gasteiger partial charge on any atom is 0.251 e. The van der Waals surface area contributed by atoms with E-state index in [9.17, 15) is 9.18 Å². The van der Waals surface area contributed by atoms with Gasteiger partial charge in [0.1, 0.15) is 5.82 Å². The summed E-state index contributed by atoms with van der Waals surface area (Å²) in [6.07, 6.45) is 3.56. The number of hydrogen-bond donors (Lipinski definition) is 1. The highest BCUT2D eigenvalue weighted by Crippen LogP contribution is 2.17. The number of carbonyl (C=O) groups is 1. The number of aryl methyl sites for hydroxylation is 2. The SMILES string of the molecule is Cc1cc(CNC(=O)c2ccc(C)c(F)c2)nc(N2CCCCC2)n1. The summed E-state index contributed by atoms with van der Waals surface area (Å²) in [4.78, 5) is 23.5. The van der Waals surface area contributed by atoms with Crippen molar-refractivity contribution in [3.8, 4) is 0 Å². The highest BCUT2D eigenvalue weighted by atomic mass is 19.1. The van der Waals surface area contributed by atoms with E-state index in [1.165, 1.54) is 12.5 Å². The molecular formula is C19H23FN4O. The first-order valence-corrected chi connectivity index (χ1v) is 8.67.